The van der Waals surface area contributed by atoms with Crippen LogP contribution in [0.2, 0.25) is 0 Å². The number of nitrogens with one attached hydrogen (secondary N) is 1. The Balaban J connectivity index is 2.64. The third-order valence-electron chi connectivity index (χ3n) is 2.43. The number of aromatic hydroxyl groups is 1. The molecule has 1 aromatic carbocycles. The standard InChI is InChI=1S/C12H15ClFNO2/c1-8(5-6-13)7-15-12(17)11-9(14)3-2-4-10(11)16/h2-4,8,16H,5-7H2,1H3,(H,15,17). The minimum atomic E-state index is -0.729. The summed E-state index contributed by atoms with van der Waals surface area (Å²) in [5, 5.41) is 12.0. The van der Waals surface area contributed by atoms with Crippen LogP contribution in [-0.4, -0.2) is 23.4 Å². The lowest BCUT2D eigenvalue weighted by Gasteiger charge is -2.12. The van der Waals surface area contributed by atoms with Crippen molar-refractivity contribution >= 4 is 17.5 Å². The van der Waals surface area contributed by atoms with Crippen molar-refractivity contribution in [1.29, 1.82) is 0 Å². The van der Waals surface area contributed by atoms with E-state index in [1.807, 2.05) is 6.92 Å². The number of hydrogen-bond donors (Lipinski definition) is 2. The molecule has 3 nitrogen and oxygen atoms in total. The molecule has 0 radical (unpaired) electrons. The molecule has 0 saturated carbocycles. The Morgan fingerprint density at radius 2 is 2.29 bits per heavy atom. The van der Waals surface area contributed by atoms with Crippen molar-refractivity contribution in [2.45, 2.75) is 13.3 Å². The zero-order chi connectivity index (χ0) is 12.8. The molecule has 5 heteroatoms. The van der Waals surface area contributed by atoms with Crippen molar-refractivity contribution in [3.8, 4) is 5.75 Å². The van der Waals surface area contributed by atoms with Crippen LogP contribution in [0.1, 0.15) is 23.7 Å². The predicted molar refractivity (Wildman–Crippen MR) is 64.9 cm³/mol. The second-order valence-corrected chi connectivity index (χ2v) is 4.30. The van der Waals surface area contributed by atoms with Crippen molar-refractivity contribution in [2.75, 3.05) is 12.4 Å². The normalized spacial score (nSPS) is 12.2. The van der Waals surface area contributed by atoms with Gasteiger partial charge in [-0.05, 0) is 24.5 Å². The number of amides is 1. The summed E-state index contributed by atoms with van der Waals surface area (Å²) in [5.41, 5.74) is -0.314. The van der Waals surface area contributed by atoms with E-state index in [9.17, 15) is 14.3 Å². The Morgan fingerprint density at radius 3 is 2.88 bits per heavy atom. The van der Waals surface area contributed by atoms with Crippen molar-refractivity contribution in [3.63, 3.8) is 0 Å². The first-order chi connectivity index (χ1) is 8.06. The van der Waals surface area contributed by atoms with Crippen LogP contribution in [-0.2, 0) is 0 Å². The molecule has 0 aromatic heterocycles. The third kappa shape index (κ3) is 3.89. The van der Waals surface area contributed by atoms with Gasteiger partial charge in [0, 0.05) is 12.4 Å². The van der Waals surface area contributed by atoms with Gasteiger partial charge in [0.1, 0.15) is 17.1 Å². The predicted octanol–water partition coefficient (Wildman–Crippen LogP) is 2.53. The van der Waals surface area contributed by atoms with Crippen LogP contribution in [0.15, 0.2) is 18.2 Å². The molecular weight excluding hydrogens is 245 g/mol. The Kier molecular flexibility index (Phi) is 5.22. The fraction of sp³-hybridized carbons (Fsp3) is 0.417. The minimum absolute atomic E-state index is 0.213. The number of halogens is 2. The van der Waals surface area contributed by atoms with Gasteiger partial charge in [-0.2, -0.15) is 0 Å². The van der Waals surface area contributed by atoms with E-state index >= 15 is 0 Å². The van der Waals surface area contributed by atoms with E-state index < -0.39 is 11.7 Å². The lowest BCUT2D eigenvalue weighted by atomic mass is 10.1. The summed E-state index contributed by atoms with van der Waals surface area (Å²) >= 11 is 5.57. The highest BCUT2D eigenvalue weighted by Crippen LogP contribution is 2.19. The molecule has 0 aliphatic rings. The Bertz CT molecular complexity index is 378. The molecule has 1 unspecified atom stereocenters. The molecule has 0 aliphatic carbocycles. The molecule has 1 atom stereocenters. The zero-order valence-corrected chi connectivity index (χ0v) is 10.3. The van der Waals surface area contributed by atoms with E-state index in [0.29, 0.717) is 12.4 Å². The molecule has 0 heterocycles. The highest BCUT2D eigenvalue weighted by Gasteiger charge is 2.16. The molecule has 1 amide bonds. The van der Waals surface area contributed by atoms with Crippen molar-refractivity contribution in [3.05, 3.63) is 29.6 Å². The molecule has 0 saturated heterocycles. The average molecular weight is 260 g/mol. The monoisotopic (exact) mass is 259 g/mol. The van der Waals surface area contributed by atoms with E-state index in [1.54, 1.807) is 0 Å². The number of benzene rings is 1. The van der Waals surface area contributed by atoms with Gasteiger partial charge in [0.25, 0.3) is 5.91 Å². The van der Waals surface area contributed by atoms with Gasteiger partial charge in [-0.15, -0.1) is 11.6 Å². The smallest absolute Gasteiger partial charge is 0.258 e. The van der Waals surface area contributed by atoms with Crippen molar-refractivity contribution in [1.82, 2.24) is 5.32 Å². The van der Waals surface area contributed by atoms with Crippen LogP contribution in [0, 0.1) is 11.7 Å². The average Bonchev–Trinajstić information content (AvgIpc) is 2.26. The summed E-state index contributed by atoms with van der Waals surface area (Å²) in [7, 11) is 0. The third-order valence-corrected chi connectivity index (χ3v) is 2.65. The summed E-state index contributed by atoms with van der Waals surface area (Å²) < 4.78 is 13.3. The van der Waals surface area contributed by atoms with Gasteiger partial charge >= 0.3 is 0 Å². The van der Waals surface area contributed by atoms with Crippen LogP contribution < -0.4 is 5.32 Å². The van der Waals surface area contributed by atoms with Gasteiger partial charge < -0.3 is 10.4 Å². The van der Waals surface area contributed by atoms with Gasteiger partial charge in [0.05, 0.1) is 0 Å². The number of hydrogen-bond acceptors (Lipinski definition) is 2. The summed E-state index contributed by atoms with van der Waals surface area (Å²) in [6, 6.07) is 3.76. The number of carbonyl (C=O) groups excluding carboxylic acids is 1. The largest absolute Gasteiger partial charge is 0.507 e. The molecule has 17 heavy (non-hydrogen) atoms. The highest BCUT2D eigenvalue weighted by molar-refractivity contribution is 6.17. The molecule has 1 rings (SSSR count). The van der Waals surface area contributed by atoms with E-state index in [4.69, 9.17) is 11.6 Å². The number of rotatable bonds is 5. The first-order valence-corrected chi connectivity index (χ1v) is 5.91. The summed E-state index contributed by atoms with van der Waals surface area (Å²) in [5.74, 6) is -0.963. The fourth-order valence-electron chi connectivity index (χ4n) is 1.38. The maximum atomic E-state index is 13.3. The number of phenolic OH excluding ortho intramolecular Hbond substituents is 1. The maximum Gasteiger partial charge on any atom is 0.258 e. The Hall–Kier alpha value is -1.29. The van der Waals surface area contributed by atoms with Crippen LogP contribution >= 0.6 is 11.6 Å². The van der Waals surface area contributed by atoms with E-state index in [0.717, 1.165) is 12.5 Å². The van der Waals surface area contributed by atoms with Crippen LogP contribution in [0.3, 0.4) is 0 Å². The maximum absolute atomic E-state index is 13.3. The molecule has 0 bridgehead atoms. The van der Waals surface area contributed by atoms with Gasteiger partial charge in [0.15, 0.2) is 0 Å². The second-order valence-electron chi connectivity index (χ2n) is 3.93. The molecule has 0 aliphatic heterocycles. The van der Waals surface area contributed by atoms with Gasteiger partial charge in [0.2, 0.25) is 0 Å². The molecule has 94 valence electrons. The van der Waals surface area contributed by atoms with Gasteiger partial charge in [-0.1, -0.05) is 13.0 Å². The number of alkyl halides is 1. The lowest BCUT2D eigenvalue weighted by molar-refractivity contribution is 0.0941. The minimum Gasteiger partial charge on any atom is -0.507 e. The fourth-order valence-corrected chi connectivity index (χ4v) is 1.75. The topological polar surface area (TPSA) is 49.3 Å². The molecular formula is C12H15ClFNO2. The molecule has 2 N–H and O–H groups in total. The van der Waals surface area contributed by atoms with Crippen LogP contribution in [0.4, 0.5) is 4.39 Å². The summed E-state index contributed by atoms with van der Waals surface area (Å²) in [6.07, 6.45) is 0.769. The van der Waals surface area contributed by atoms with Gasteiger partial charge in [-0.25, -0.2) is 4.39 Å². The summed E-state index contributed by atoms with van der Waals surface area (Å²) in [6.45, 7) is 2.34. The van der Waals surface area contributed by atoms with E-state index in [2.05, 4.69) is 5.32 Å². The highest BCUT2D eigenvalue weighted by atomic mass is 35.5. The van der Waals surface area contributed by atoms with Crippen LogP contribution in [0.25, 0.3) is 0 Å². The summed E-state index contributed by atoms with van der Waals surface area (Å²) in [4.78, 5) is 11.7. The first-order valence-electron chi connectivity index (χ1n) is 5.38. The SMILES string of the molecule is CC(CCCl)CNC(=O)c1c(O)cccc1F. The van der Waals surface area contributed by atoms with E-state index in [-0.39, 0.29) is 17.2 Å². The quantitative estimate of drug-likeness (QED) is 0.799. The van der Waals surface area contributed by atoms with Crippen molar-refractivity contribution < 1.29 is 14.3 Å². The van der Waals surface area contributed by atoms with Crippen molar-refractivity contribution in [2.24, 2.45) is 5.92 Å². The van der Waals surface area contributed by atoms with Gasteiger partial charge in [-0.3, -0.25) is 4.79 Å². The Morgan fingerprint density at radius 1 is 1.59 bits per heavy atom. The second kappa shape index (κ2) is 6.45. The molecule has 1 aromatic rings. The Labute approximate surface area is 105 Å². The van der Waals surface area contributed by atoms with E-state index in [1.165, 1.54) is 12.1 Å². The molecule has 0 fully saturated rings. The lowest BCUT2D eigenvalue weighted by Crippen LogP contribution is -2.29. The first kappa shape index (κ1) is 13.8. The number of carbonyl (C=O) groups is 1. The molecule has 0 spiro atoms. The zero-order valence-electron chi connectivity index (χ0n) is 9.54. The number of phenols is 1. The van der Waals surface area contributed by atoms with Crippen LogP contribution in [0.5, 0.6) is 5.75 Å².